The number of H-pyrrole nitrogens is 1. The number of rotatable bonds is 6. The van der Waals surface area contributed by atoms with Gasteiger partial charge in [0.2, 0.25) is 0 Å². The lowest BCUT2D eigenvalue weighted by atomic mass is 9.95. The molecule has 0 atom stereocenters. The molecule has 0 radical (unpaired) electrons. The number of hydrogen-bond acceptors (Lipinski definition) is 5. The van der Waals surface area contributed by atoms with E-state index in [0.29, 0.717) is 17.2 Å². The standard InChI is InChI=1S/C25H20F3N7O/c1-15-8-24(32-31-15)35-19(10-22(33-35)18-13-30-34(2)14-18)11-23(36)16-5-6-21(25(26,27)28)20(9-16)17-4-3-7-29-12-17/h3-10,12-14H,11H2,1-2H3,(H,31,32). The monoisotopic (exact) mass is 491 g/mol. The van der Waals surface area contributed by atoms with Gasteiger partial charge in [-0.15, -0.1) is 0 Å². The molecule has 1 N–H and O–H groups in total. The van der Waals surface area contributed by atoms with Crippen LogP contribution in [0.3, 0.4) is 0 Å². The van der Waals surface area contributed by atoms with Crippen molar-refractivity contribution in [3.8, 4) is 28.2 Å². The summed E-state index contributed by atoms with van der Waals surface area (Å²) in [5.74, 6) is 0.133. The second-order valence-corrected chi connectivity index (χ2v) is 8.34. The first-order chi connectivity index (χ1) is 17.2. The van der Waals surface area contributed by atoms with Crippen molar-refractivity contribution in [2.45, 2.75) is 19.5 Å². The Bertz CT molecular complexity index is 1550. The molecule has 182 valence electrons. The Labute approximate surface area is 203 Å². The van der Waals surface area contributed by atoms with E-state index >= 15 is 0 Å². The van der Waals surface area contributed by atoms with Crippen molar-refractivity contribution in [1.29, 1.82) is 0 Å². The van der Waals surface area contributed by atoms with E-state index in [1.165, 1.54) is 30.6 Å². The Morgan fingerprint density at radius 3 is 2.56 bits per heavy atom. The molecule has 0 aliphatic rings. The summed E-state index contributed by atoms with van der Waals surface area (Å²) in [6.45, 7) is 1.84. The Balaban J connectivity index is 1.54. The van der Waals surface area contributed by atoms with Crippen LogP contribution >= 0.6 is 0 Å². The number of nitrogens with zero attached hydrogens (tertiary/aromatic N) is 6. The first kappa shape index (κ1) is 23.2. The van der Waals surface area contributed by atoms with E-state index in [1.807, 2.05) is 6.92 Å². The molecule has 1 aromatic carbocycles. The molecular weight excluding hydrogens is 471 g/mol. The minimum absolute atomic E-state index is 0.100. The van der Waals surface area contributed by atoms with Gasteiger partial charge >= 0.3 is 6.18 Å². The lowest BCUT2D eigenvalue weighted by Gasteiger charge is -2.14. The highest BCUT2D eigenvalue weighted by Gasteiger charge is 2.34. The first-order valence-electron chi connectivity index (χ1n) is 10.9. The van der Waals surface area contributed by atoms with Crippen LogP contribution in [0.5, 0.6) is 0 Å². The van der Waals surface area contributed by atoms with Crippen molar-refractivity contribution in [3.05, 3.63) is 89.8 Å². The normalized spacial score (nSPS) is 11.7. The largest absolute Gasteiger partial charge is 0.417 e. The summed E-state index contributed by atoms with van der Waals surface area (Å²) in [6, 6.07) is 10.0. The molecule has 4 heterocycles. The summed E-state index contributed by atoms with van der Waals surface area (Å²) in [5.41, 5.74) is 2.18. The van der Waals surface area contributed by atoms with E-state index in [9.17, 15) is 18.0 Å². The molecule has 0 amide bonds. The van der Waals surface area contributed by atoms with Crippen LogP contribution in [0, 0.1) is 6.92 Å². The van der Waals surface area contributed by atoms with Gasteiger partial charge in [0.05, 0.1) is 29.6 Å². The first-order valence-corrected chi connectivity index (χ1v) is 10.9. The molecule has 0 unspecified atom stereocenters. The molecule has 0 saturated heterocycles. The molecule has 5 aromatic rings. The second kappa shape index (κ2) is 8.91. The van der Waals surface area contributed by atoms with E-state index in [-0.39, 0.29) is 28.9 Å². The number of hydrogen-bond donors (Lipinski definition) is 1. The van der Waals surface area contributed by atoms with E-state index in [4.69, 9.17) is 0 Å². The predicted molar refractivity (Wildman–Crippen MR) is 125 cm³/mol. The van der Waals surface area contributed by atoms with Crippen LogP contribution < -0.4 is 0 Å². The molecule has 4 aromatic heterocycles. The van der Waals surface area contributed by atoms with Gasteiger partial charge in [-0.3, -0.25) is 19.6 Å². The van der Waals surface area contributed by atoms with Gasteiger partial charge in [0.25, 0.3) is 0 Å². The third-order valence-electron chi connectivity index (χ3n) is 5.65. The fourth-order valence-corrected chi connectivity index (χ4v) is 3.94. The number of aromatic nitrogens is 7. The van der Waals surface area contributed by atoms with Crippen LogP contribution in [0.4, 0.5) is 13.2 Å². The van der Waals surface area contributed by atoms with Gasteiger partial charge in [0.15, 0.2) is 11.6 Å². The molecule has 11 heteroatoms. The lowest BCUT2D eigenvalue weighted by Crippen LogP contribution is -2.12. The molecule has 0 fully saturated rings. The predicted octanol–water partition coefficient (Wildman–Crippen LogP) is 4.81. The average Bonchev–Trinajstić information content (AvgIpc) is 3.58. The van der Waals surface area contributed by atoms with Crippen molar-refractivity contribution >= 4 is 5.78 Å². The number of pyridine rings is 1. The van der Waals surface area contributed by atoms with E-state index in [1.54, 1.807) is 47.0 Å². The van der Waals surface area contributed by atoms with Crippen molar-refractivity contribution in [2.75, 3.05) is 0 Å². The number of nitrogens with one attached hydrogen (secondary N) is 1. The summed E-state index contributed by atoms with van der Waals surface area (Å²) in [6.07, 6.45) is 1.59. The highest BCUT2D eigenvalue weighted by molar-refractivity contribution is 5.99. The van der Waals surface area contributed by atoms with Crippen LogP contribution in [0.2, 0.25) is 0 Å². The average molecular weight is 491 g/mol. The lowest BCUT2D eigenvalue weighted by molar-refractivity contribution is -0.137. The van der Waals surface area contributed by atoms with Crippen molar-refractivity contribution in [1.82, 2.24) is 34.7 Å². The van der Waals surface area contributed by atoms with Gasteiger partial charge in [-0.25, -0.2) is 4.68 Å². The Morgan fingerprint density at radius 1 is 1.08 bits per heavy atom. The molecule has 0 aliphatic heterocycles. The number of halogens is 3. The highest BCUT2D eigenvalue weighted by atomic mass is 19.4. The maximum atomic E-state index is 13.7. The number of aromatic amines is 1. The summed E-state index contributed by atoms with van der Waals surface area (Å²) >= 11 is 0. The quantitative estimate of drug-likeness (QED) is 0.344. The third kappa shape index (κ3) is 4.54. The van der Waals surface area contributed by atoms with Gasteiger partial charge in [-0.2, -0.15) is 28.5 Å². The van der Waals surface area contributed by atoms with Crippen LogP contribution in [0.1, 0.15) is 27.3 Å². The molecule has 36 heavy (non-hydrogen) atoms. The molecule has 0 saturated carbocycles. The summed E-state index contributed by atoms with van der Waals surface area (Å²) < 4.78 is 44.3. The molecule has 0 bridgehead atoms. The second-order valence-electron chi connectivity index (χ2n) is 8.34. The van der Waals surface area contributed by atoms with Crippen molar-refractivity contribution < 1.29 is 18.0 Å². The molecule has 8 nitrogen and oxygen atoms in total. The third-order valence-corrected chi connectivity index (χ3v) is 5.65. The number of carbonyl (C=O) groups excluding carboxylic acids is 1. The number of alkyl halides is 3. The topological polar surface area (TPSA) is 94.3 Å². The molecule has 0 spiro atoms. The van der Waals surface area contributed by atoms with Gasteiger partial charge in [-0.05, 0) is 36.8 Å². The minimum atomic E-state index is -4.58. The summed E-state index contributed by atoms with van der Waals surface area (Å²) in [5, 5.41) is 15.9. The van der Waals surface area contributed by atoms with Crippen molar-refractivity contribution in [3.63, 3.8) is 0 Å². The zero-order chi connectivity index (χ0) is 25.4. The molecule has 0 aliphatic carbocycles. The SMILES string of the molecule is Cc1cc(-n2nc(-c3cnn(C)c3)cc2CC(=O)c2ccc(C(F)(F)F)c(-c3cccnc3)c2)n[nH]1. The molecule has 5 rings (SSSR count). The van der Waals surface area contributed by atoms with Gasteiger partial charge in [0, 0.05) is 54.1 Å². The van der Waals surface area contributed by atoms with Crippen molar-refractivity contribution in [2.24, 2.45) is 7.05 Å². The smallest absolute Gasteiger partial charge is 0.294 e. The van der Waals surface area contributed by atoms with E-state index in [2.05, 4.69) is 25.4 Å². The summed E-state index contributed by atoms with van der Waals surface area (Å²) in [4.78, 5) is 17.2. The summed E-state index contributed by atoms with van der Waals surface area (Å²) in [7, 11) is 1.78. The fraction of sp³-hybridized carbons (Fsp3) is 0.160. The van der Waals surface area contributed by atoms with Gasteiger partial charge in [-0.1, -0.05) is 12.1 Å². The fourth-order valence-electron chi connectivity index (χ4n) is 3.94. The highest BCUT2D eigenvalue weighted by Crippen LogP contribution is 2.37. The van der Waals surface area contributed by atoms with Crippen LogP contribution in [0.25, 0.3) is 28.2 Å². The number of ketones is 1. The van der Waals surface area contributed by atoms with Crippen LogP contribution in [0.15, 0.2) is 67.3 Å². The van der Waals surface area contributed by atoms with Gasteiger partial charge in [0.1, 0.15) is 0 Å². The van der Waals surface area contributed by atoms with Gasteiger partial charge < -0.3 is 0 Å². The zero-order valence-corrected chi connectivity index (χ0v) is 19.3. The van der Waals surface area contributed by atoms with E-state index in [0.717, 1.165) is 17.3 Å². The minimum Gasteiger partial charge on any atom is -0.294 e. The Morgan fingerprint density at radius 2 is 1.92 bits per heavy atom. The number of Topliss-reactive ketones (excluding diaryl/α,β-unsaturated/α-hetero) is 1. The zero-order valence-electron chi connectivity index (χ0n) is 19.3. The maximum Gasteiger partial charge on any atom is 0.417 e. The number of aryl methyl sites for hydroxylation is 2. The van der Waals surface area contributed by atoms with Crippen LogP contribution in [-0.2, 0) is 19.6 Å². The Kier molecular flexibility index (Phi) is 5.75. The number of benzene rings is 1. The van der Waals surface area contributed by atoms with E-state index < -0.39 is 11.7 Å². The molecular formula is C25H20F3N7O. The Hall–Kier alpha value is -4.54. The number of carbonyl (C=O) groups is 1. The maximum absolute atomic E-state index is 13.7. The van der Waals surface area contributed by atoms with Crippen LogP contribution in [-0.4, -0.2) is 40.5 Å².